The van der Waals surface area contributed by atoms with Crippen LogP contribution in [0.5, 0.6) is 5.75 Å². The molecule has 2 rings (SSSR count). The first-order valence-corrected chi connectivity index (χ1v) is 6.44. The van der Waals surface area contributed by atoms with Crippen LogP contribution in [-0.2, 0) is 22.2 Å². The van der Waals surface area contributed by atoms with E-state index in [0.717, 1.165) is 11.3 Å². The van der Waals surface area contributed by atoms with Gasteiger partial charge in [-0.05, 0) is 24.6 Å². The fraction of sp³-hybridized carbons (Fsp3) is 0.250. The highest BCUT2D eigenvalue weighted by Gasteiger charge is 2.14. The van der Waals surface area contributed by atoms with Crippen LogP contribution in [0, 0.1) is 6.92 Å². The molecule has 6 heteroatoms. The highest BCUT2D eigenvalue weighted by molar-refractivity contribution is 7.79. The Morgan fingerprint density at radius 2 is 2.00 bits per heavy atom. The third-order valence-corrected chi connectivity index (χ3v) is 3.46. The van der Waals surface area contributed by atoms with Gasteiger partial charge in [-0.15, -0.1) is 4.55 Å². The molecule has 1 aromatic carbocycles. The van der Waals surface area contributed by atoms with Crippen LogP contribution in [0.1, 0.15) is 11.1 Å². The van der Waals surface area contributed by atoms with Gasteiger partial charge in [0.15, 0.2) is 5.03 Å². The molecule has 0 amide bonds. The molecular formula is C12H13N2O3S. The van der Waals surface area contributed by atoms with Gasteiger partial charge in [0.25, 0.3) is 0 Å². The van der Waals surface area contributed by atoms with Gasteiger partial charge in [-0.1, -0.05) is 12.1 Å². The van der Waals surface area contributed by atoms with E-state index in [2.05, 4.69) is 5.10 Å². The quantitative estimate of drug-likeness (QED) is 0.845. The van der Waals surface area contributed by atoms with Gasteiger partial charge in [-0.2, -0.15) is 5.10 Å². The van der Waals surface area contributed by atoms with Crippen molar-refractivity contribution in [1.82, 2.24) is 9.78 Å². The van der Waals surface area contributed by atoms with E-state index in [1.807, 2.05) is 24.3 Å². The fourth-order valence-corrected chi connectivity index (χ4v) is 2.30. The Balaban J connectivity index is 2.25. The van der Waals surface area contributed by atoms with Gasteiger partial charge in [0, 0.05) is 5.56 Å². The summed E-state index contributed by atoms with van der Waals surface area (Å²) in [6.07, 6.45) is 1.55. The Bertz CT molecular complexity index is 563. The minimum atomic E-state index is -2.27. The monoisotopic (exact) mass is 265 g/mol. The van der Waals surface area contributed by atoms with Crippen LogP contribution >= 0.6 is 0 Å². The highest BCUT2D eigenvalue weighted by Crippen LogP contribution is 2.16. The Hall–Kier alpha value is -1.66. The van der Waals surface area contributed by atoms with Crippen molar-refractivity contribution in [1.29, 1.82) is 0 Å². The number of hydrogen-bond donors (Lipinski definition) is 0. The largest absolute Gasteiger partial charge is 0.497 e. The number of methoxy groups -OCH3 is 1. The molecule has 1 unspecified atom stereocenters. The summed E-state index contributed by atoms with van der Waals surface area (Å²) < 4.78 is 28.8. The molecule has 0 fully saturated rings. The molecule has 1 heterocycles. The third-order valence-electron chi connectivity index (χ3n) is 2.61. The number of rotatable bonds is 4. The summed E-state index contributed by atoms with van der Waals surface area (Å²) in [5.74, 6) is 0.767. The van der Waals surface area contributed by atoms with Crippen molar-refractivity contribution in [2.24, 2.45) is 0 Å². The molecule has 0 saturated heterocycles. The highest BCUT2D eigenvalue weighted by atomic mass is 32.2. The summed E-state index contributed by atoms with van der Waals surface area (Å²) >= 11 is -2.27. The lowest BCUT2D eigenvalue weighted by Crippen LogP contribution is -2.07. The summed E-state index contributed by atoms with van der Waals surface area (Å²) in [5, 5.41) is 4.29. The summed E-state index contributed by atoms with van der Waals surface area (Å²) in [7, 11) is 1.60. The summed E-state index contributed by atoms with van der Waals surface area (Å²) in [5.41, 5.74) is 1.61. The van der Waals surface area contributed by atoms with E-state index >= 15 is 0 Å². The molecule has 2 aromatic rings. The second-order valence-electron chi connectivity index (χ2n) is 3.87. The molecule has 0 aliphatic rings. The van der Waals surface area contributed by atoms with E-state index in [-0.39, 0.29) is 5.03 Å². The molecular weight excluding hydrogens is 252 g/mol. The van der Waals surface area contributed by atoms with E-state index in [9.17, 15) is 8.76 Å². The summed E-state index contributed by atoms with van der Waals surface area (Å²) in [6, 6.07) is 7.43. The number of hydrogen-bond acceptors (Lipinski definition) is 3. The standard InChI is InChI=1S/C12H13N2O3S/c1-9-7-13-14(12(9)18(15)16)8-10-3-5-11(17-2)6-4-10/h3-7H,8H2,1-2H3. The van der Waals surface area contributed by atoms with Crippen molar-refractivity contribution in [3.05, 3.63) is 41.6 Å². The van der Waals surface area contributed by atoms with Crippen LogP contribution < -0.4 is 4.74 Å². The second kappa shape index (κ2) is 5.32. The number of ether oxygens (including phenoxy) is 1. The minimum Gasteiger partial charge on any atom is -0.497 e. The normalized spacial score (nSPS) is 12.4. The van der Waals surface area contributed by atoms with Gasteiger partial charge in [-0.3, -0.25) is 0 Å². The molecule has 5 nitrogen and oxygen atoms in total. The molecule has 1 radical (unpaired) electrons. The molecule has 0 bridgehead atoms. The first kappa shape index (κ1) is 12.8. The van der Waals surface area contributed by atoms with E-state index in [0.29, 0.717) is 12.1 Å². The Kier molecular flexibility index (Phi) is 3.78. The lowest BCUT2D eigenvalue weighted by atomic mass is 10.2. The average molecular weight is 265 g/mol. The zero-order chi connectivity index (χ0) is 13.1. The van der Waals surface area contributed by atoms with Crippen molar-refractivity contribution in [2.75, 3.05) is 7.11 Å². The SMILES string of the molecule is COc1ccc(Cn2ncc(C)c2S([O])=O)cc1. The fourth-order valence-electron chi connectivity index (χ4n) is 1.70. The van der Waals surface area contributed by atoms with Gasteiger partial charge in [0.1, 0.15) is 5.75 Å². The summed E-state index contributed by atoms with van der Waals surface area (Å²) in [6.45, 7) is 2.14. The van der Waals surface area contributed by atoms with Crippen LogP contribution in [-0.4, -0.2) is 21.1 Å². The summed E-state index contributed by atoms with van der Waals surface area (Å²) in [4.78, 5) is 0. The topological polar surface area (TPSA) is 64.0 Å². The van der Waals surface area contributed by atoms with Crippen molar-refractivity contribution >= 4 is 11.1 Å². The van der Waals surface area contributed by atoms with Gasteiger partial charge in [-0.25, -0.2) is 8.89 Å². The van der Waals surface area contributed by atoms with Crippen LogP contribution in [0.2, 0.25) is 0 Å². The number of nitrogens with zero attached hydrogens (tertiary/aromatic N) is 2. The first-order valence-electron chi connectivity index (χ1n) is 5.36. The van der Waals surface area contributed by atoms with Crippen LogP contribution in [0.4, 0.5) is 0 Å². The van der Waals surface area contributed by atoms with Crippen LogP contribution in [0.15, 0.2) is 35.5 Å². The molecule has 0 saturated carbocycles. The Morgan fingerprint density at radius 1 is 1.33 bits per heavy atom. The molecule has 0 aliphatic heterocycles. The Labute approximate surface area is 108 Å². The van der Waals surface area contributed by atoms with E-state index in [1.54, 1.807) is 20.2 Å². The second-order valence-corrected chi connectivity index (χ2v) is 4.73. The third kappa shape index (κ3) is 2.60. The maximum atomic E-state index is 11.1. The predicted molar refractivity (Wildman–Crippen MR) is 66.2 cm³/mol. The number of benzene rings is 1. The Morgan fingerprint density at radius 3 is 2.56 bits per heavy atom. The molecule has 1 aromatic heterocycles. The minimum absolute atomic E-state index is 0.228. The lowest BCUT2D eigenvalue weighted by Gasteiger charge is -2.06. The van der Waals surface area contributed by atoms with Crippen molar-refractivity contribution in [2.45, 2.75) is 18.5 Å². The molecule has 0 aliphatic carbocycles. The van der Waals surface area contributed by atoms with E-state index in [1.165, 1.54) is 4.68 Å². The van der Waals surface area contributed by atoms with Crippen molar-refractivity contribution < 1.29 is 13.5 Å². The van der Waals surface area contributed by atoms with Gasteiger partial charge >= 0.3 is 0 Å². The molecule has 0 N–H and O–H groups in total. The maximum Gasteiger partial charge on any atom is 0.240 e. The van der Waals surface area contributed by atoms with E-state index in [4.69, 9.17) is 4.74 Å². The van der Waals surface area contributed by atoms with Crippen molar-refractivity contribution in [3.63, 3.8) is 0 Å². The molecule has 1 atom stereocenters. The zero-order valence-corrected chi connectivity index (χ0v) is 10.9. The van der Waals surface area contributed by atoms with Gasteiger partial charge in [0.2, 0.25) is 11.1 Å². The van der Waals surface area contributed by atoms with E-state index < -0.39 is 11.1 Å². The molecule has 95 valence electrons. The molecule has 18 heavy (non-hydrogen) atoms. The zero-order valence-electron chi connectivity index (χ0n) is 10.1. The maximum absolute atomic E-state index is 11.1. The number of aromatic nitrogens is 2. The van der Waals surface area contributed by atoms with Crippen LogP contribution in [0.3, 0.4) is 0 Å². The van der Waals surface area contributed by atoms with Gasteiger partial charge < -0.3 is 4.74 Å². The van der Waals surface area contributed by atoms with Crippen molar-refractivity contribution in [3.8, 4) is 5.75 Å². The molecule has 0 spiro atoms. The lowest BCUT2D eigenvalue weighted by molar-refractivity contribution is 0.414. The van der Waals surface area contributed by atoms with Gasteiger partial charge in [0.05, 0.1) is 19.9 Å². The number of aryl methyl sites for hydroxylation is 1. The predicted octanol–water partition coefficient (Wildman–Crippen LogP) is 1.70. The van der Waals surface area contributed by atoms with Crippen LogP contribution in [0.25, 0.3) is 0 Å². The smallest absolute Gasteiger partial charge is 0.240 e. The average Bonchev–Trinajstić information content (AvgIpc) is 2.71. The first-order chi connectivity index (χ1) is 8.61.